The first-order valence-corrected chi connectivity index (χ1v) is 9.35. The van der Waals surface area contributed by atoms with Crippen molar-refractivity contribution in [1.29, 1.82) is 0 Å². The van der Waals surface area contributed by atoms with E-state index >= 15 is 0 Å². The van der Waals surface area contributed by atoms with Crippen LogP contribution in [0.2, 0.25) is 0 Å². The van der Waals surface area contributed by atoms with Crippen molar-refractivity contribution in [2.24, 2.45) is 0 Å². The summed E-state index contributed by atoms with van der Waals surface area (Å²) in [5.74, 6) is 2.32. The summed E-state index contributed by atoms with van der Waals surface area (Å²) in [4.78, 5) is 20.8. The van der Waals surface area contributed by atoms with Gasteiger partial charge in [0.15, 0.2) is 0 Å². The maximum absolute atomic E-state index is 12.4. The molecule has 1 amide bonds. The van der Waals surface area contributed by atoms with Gasteiger partial charge in [-0.3, -0.25) is 9.69 Å². The number of aliphatic hydroxyl groups is 1. The molecule has 2 fully saturated rings. The van der Waals surface area contributed by atoms with E-state index < -0.39 is 6.10 Å². The Labute approximate surface area is 133 Å². The van der Waals surface area contributed by atoms with Crippen LogP contribution in [0, 0.1) is 6.92 Å². The second-order valence-corrected chi connectivity index (χ2v) is 7.90. The zero-order valence-electron chi connectivity index (χ0n) is 12.2. The number of carbonyl (C=O) groups is 1. The molecule has 2 saturated heterocycles. The van der Waals surface area contributed by atoms with Crippen molar-refractivity contribution in [2.45, 2.75) is 25.5 Å². The number of amides is 1. The number of aromatic nitrogens is 1. The van der Waals surface area contributed by atoms with E-state index in [1.807, 2.05) is 24.1 Å². The number of aryl methyl sites for hydroxylation is 1. The molecule has 21 heavy (non-hydrogen) atoms. The number of thioether (sulfide) groups is 1. The molecular weight excluding hydrogens is 306 g/mol. The van der Waals surface area contributed by atoms with Crippen LogP contribution < -0.4 is 0 Å². The zero-order valence-corrected chi connectivity index (χ0v) is 13.8. The normalized spacial score (nSPS) is 27.2. The largest absolute Gasteiger partial charge is 0.390 e. The SMILES string of the molecule is Cc1nc(CC(=O)N2C[C@H](O)[C@@H](N3CCSCC3)C2)cs1. The monoisotopic (exact) mass is 327 g/mol. The average Bonchev–Trinajstić information content (AvgIpc) is 3.06. The Morgan fingerprint density at radius 3 is 2.86 bits per heavy atom. The van der Waals surface area contributed by atoms with Crippen LogP contribution in [0.3, 0.4) is 0 Å². The van der Waals surface area contributed by atoms with Gasteiger partial charge in [-0.25, -0.2) is 4.98 Å². The van der Waals surface area contributed by atoms with Gasteiger partial charge in [0.25, 0.3) is 0 Å². The van der Waals surface area contributed by atoms with Crippen LogP contribution in [0.4, 0.5) is 0 Å². The Morgan fingerprint density at radius 2 is 2.19 bits per heavy atom. The van der Waals surface area contributed by atoms with Gasteiger partial charge in [-0.1, -0.05) is 0 Å². The zero-order chi connectivity index (χ0) is 14.8. The molecule has 2 atom stereocenters. The molecule has 0 unspecified atom stereocenters. The third-order valence-electron chi connectivity index (χ3n) is 4.13. The predicted octanol–water partition coefficient (Wildman–Crippen LogP) is 0.615. The first-order chi connectivity index (χ1) is 10.1. The molecule has 5 nitrogen and oxygen atoms in total. The van der Waals surface area contributed by atoms with Gasteiger partial charge in [-0.15, -0.1) is 11.3 Å². The maximum atomic E-state index is 12.4. The van der Waals surface area contributed by atoms with E-state index in [9.17, 15) is 9.90 Å². The molecule has 1 aromatic rings. The fraction of sp³-hybridized carbons (Fsp3) is 0.714. The first-order valence-electron chi connectivity index (χ1n) is 7.32. The molecule has 3 heterocycles. The molecule has 3 rings (SSSR count). The highest BCUT2D eigenvalue weighted by Gasteiger charge is 2.37. The highest BCUT2D eigenvalue weighted by molar-refractivity contribution is 7.99. The quantitative estimate of drug-likeness (QED) is 0.882. The molecule has 0 saturated carbocycles. The number of likely N-dealkylation sites (tertiary alicyclic amines) is 1. The fourth-order valence-electron chi connectivity index (χ4n) is 3.00. The van der Waals surface area contributed by atoms with E-state index in [1.165, 1.54) is 0 Å². The van der Waals surface area contributed by atoms with Gasteiger partial charge in [0.2, 0.25) is 5.91 Å². The highest BCUT2D eigenvalue weighted by atomic mass is 32.2. The van der Waals surface area contributed by atoms with Crippen molar-refractivity contribution in [3.05, 3.63) is 16.1 Å². The molecule has 0 spiro atoms. The number of hydrogen-bond donors (Lipinski definition) is 1. The highest BCUT2D eigenvalue weighted by Crippen LogP contribution is 2.21. The van der Waals surface area contributed by atoms with E-state index in [0.717, 1.165) is 35.3 Å². The van der Waals surface area contributed by atoms with Crippen LogP contribution >= 0.6 is 23.1 Å². The molecule has 7 heteroatoms. The molecule has 1 aromatic heterocycles. The second-order valence-electron chi connectivity index (χ2n) is 5.62. The van der Waals surface area contributed by atoms with Crippen molar-refractivity contribution in [1.82, 2.24) is 14.8 Å². The Balaban J connectivity index is 1.58. The predicted molar refractivity (Wildman–Crippen MR) is 85.8 cm³/mol. The summed E-state index contributed by atoms with van der Waals surface area (Å²) in [5.41, 5.74) is 0.842. The third kappa shape index (κ3) is 3.59. The minimum atomic E-state index is -0.422. The smallest absolute Gasteiger partial charge is 0.228 e. The maximum Gasteiger partial charge on any atom is 0.228 e. The first kappa shape index (κ1) is 15.3. The van der Waals surface area contributed by atoms with E-state index in [4.69, 9.17) is 0 Å². The van der Waals surface area contributed by atoms with Crippen LogP contribution in [0.15, 0.2) is 5.38 Å². The average molecular weight is 327 g/mol. The molecule has 1 N–H and O–H groups in total. The van der Waals surface area contributed by atoms with Crippen LogP contribution in [0.5, 0.6) is 0 Å². The Bertz CT molecular complexity index is 502. The summed E-state index contributed by atoms with van der Waals surface area (Å²) < 4.78 is 0. The van der Waals surface area contributed by atoms with Crippen LogP contribution in [-0.2, 0) is 11.2 Å². The minimum absolute atomic E-state index is 0.0771. The van der Waals surface area contributed by atoms with Gasteiger partial charge in [0.1, 0.15) is 0 Å². The lowest BCUT2D eigenvalue weighted by atomic mass is 10.2. The molecule has 0 aromatic carbocycles. The lowest BCUT2D eigenvalue weighted by Gasteiger charge is -2.33. The van der Waals surface area contributed by atoms with Gasteiger partial charge in [0.05, 0.1) is 29.3 Å². The van der Waals surface area contributed by atoms with E-state index in [0.29, 0.717) is 19.5 Å². The lowest BCUT2D eigenvalue weighted by Crippen LogP contribution is -2.47. The lowest BCUT2D eigenvalue weighted by molar-refractivity contribution is -0.129. The summed E-state index contributed by atoms with van der Waals surface area (Å²) in [6.45, 7) is 5.08. The second kappa shape index (κ2) is 6.64. The third-order valence-corrected chi connectivity index (χ3v) is 5.89. The van der Waals surface area contributed by atoms with Crippen LogP contribution in [0.25, 0.3) is 0 Å². The standard InChI is InChI=1S/C14H21N3O2S2/c1-10-15-11(9-21-10)6-14(19)17-7-12(13(18)8-17)16-2-4-20-5-3-16/h9,12-13,18H,2-8H2,1H3/t12-,13-/m0/s1. The van der Waals surface area contributed by atoms with Crippen molar-refractivity contribution in [3.63, 3.8) is 0 Å². The minimum Gasteiger partial charge on any atom is -0.390 e. The summed E-state index contributed by atoms with van der Waals surface area (Å²) in [6, 6.07) is 0.104. The number of rotatable bonds is 3. The van der Waals surface area contributed by atoms with E-state index in [2.05, 4.69) is 9.88 Å². The fourth-order valence-corrected chi connectivity index (χ4v) is 4.54. The van der Waals surface area contributed by atoms with Crippen molar-refractivity contribution in [2.75, 3.05) is 37.7 Å². The van der Waals surface area contributed by atoms with Gasteiger partial charge in [-0.2, -0.15) is 11.8 Å². The molecule has 0 aliphatic carbocycles. The molecule has 116 valence electrons. The summed E-state index contributed by atoms with van der Waals surface area (Å²) in [7, 11) is 0. The van der Waals surface area contributed by atoms with Crippen molar-refractivity contribution < 1.29 is 9.90 Å². The van der Waals surface area contributed by atoms with Crippen LogP contribution in [0.1, 0.15) is 10.7 Å². The number of aliphatic hydroxyl groups excluding tert-OH is 1. The summed E-state index contributed by atoms with van der Waals surface area (Å²) in [5, 5.41) is 13.2. The van der Waals surface area contributed by atoms with Crippen LogP contribution in [-0.4, -0.2) is 75.6 Å². The number of hydrogen-bond acceptors (Lipinski definition) is 6. The van der Waals surface area contributed by atoms with Crippen molar-refractivity contribution in [3.8, 4) is 0 Å². The molecule has 0 bridgehead atoms. The number of β-amino-alcohol motifs (C(OH)–C–C–N with tert-alkyl or cyclic N) is 1. The molecule has 2 aliphatic heterocycles. The number of thiazole rings is 1. The van der Waals surface area contributed by atoms with Gasteiger partial charge in [-0.05, 0) is 6.92 Å². The Hall–Kier alpha value is -0.630. The summed E-state index contributed by atoms with van der Waals surface area (Å²) >= 11 is 3.53. The van der Waals surface area contributed by atoms with E-state index in [-0.39, 0.29) is 11.9 Å². The molecule has 2 aliphatic rings. The Morgan fingerprint density at radius 1 is 1.43 bits per heavy atom. The van der Waals surface area contributed by atoms with Gasteiger partial charge < -0.3 is 10.0 Å². The number of carbonyl (C=O) groups excluding carboxylic acids is 1. The Kier molecular flexibility index (Phi) is 4.83. The van der Waals surface area contributed by atoms with Crippen molar-refractivity contribution >= 4 is 29.0 Å². The molecule has 0 radical (unpaired) electrons. The van der Waals surface area contributed by atoms with Gasteiger partial charge in [0, 0.05) is 43.1 Å². The number of nitrogens with zero attached hydrogens (tertiary/aromatic N) is 3. The van der Waals surface area contributed by atoms with Gasteiger partial charge >= 0.3 is 0 Å². The summed E-state index contributed by atoms with van der Waals surface area (Å²) in [6.07, 6.45) is -0.0752. The topological polar surface area (TPSA) is 56.7 Å². The van der Waals surface area contributed by atoms with E-state index in [1.54, 1.807) is 16.2 Å². The molecular formula is C14H21N3O2S2.